The lowest BCUT2D eigenvalue weighted by atomic mass is 9.81. The standard InChI is InChI=1S/C82H58N6/c1-81(2)68-31-19-17-29-62(68)64-41-37-55(47-70(64)81)59-45-66(57-38-42-65-63-30-18-20-32-69(63)82(3,4)71(65)48-57)77-67(46-59)76(58-40-44-75-73(50-58)84-80(54-23-11-6-12-24-54)88(75)61-27-15-8-16-28-61)85-78(86-77)52-35-33-51(34-36-52)56-39-43-74-72(49-56)83-79(53-21-9-5-10-22-53)87(74)60-25-13-7-14-26-60/h5-50H,1-4H3. The number of hydrogen-bond donors (Lipinski definition) is 0. The van der Waals surface area contributed by atoms with Gasteiger partial charge in [-0.1, -0.05) is 234 Å². The molecule has 6 nitrogen and oxygen atoms in total. The molecule has 12 aromatic carbocycles. The van der Waals surface area contributed by atoms with Crippen LogP contribution in [-0.2, 0) is 10.8 Å². The summed E-state index contributed by atoms with van der Waals surface area (Å²) in [7, 11) is 0. The molecule has 2 aliphatic carbocycles. The zero-order valence-electron chi connectivity index (χ0n) is 49.2. The first kappa shape index (κ1) is 51.3. The first-order valence-electron chi connectivity index (χ1n) is 30.4. The van der Waals surface area contributed by atoms with Crippen LogP contribution in [0, 0.1) is 0 Å². The van der Waals surface area contributed by atoms with Gasteiger partial charge in [-0.2, -0.15) is 0 Å². The summed E-state index contributed by atoms with van der Waals surface area (Å²) in [4.78, 5) is 22.3. The molecule has 0 saturated heterocycles. The molecule has 0 radical (unpaired) electrons. The van der Waals surface area contributed by atoms with E-state index in [0.717, 1.165) is 117 Å². The van der Waals surface area contributed by atoms with E-state index in [9.17, 15) is 0 Å². The van der Waals surface area contributed by atoms with Crippen molar-refractivity contribution in [2.24, 2.45) is 0 Å². The molecule has 0 N–H and O–H groups in total. The Hall–Kier alpha value is -11.1. The molecule has 3 heterocycles. The Balaban J connectivity index is 0.878. The minimum atomic E-state index is -0.212. The van der Waals surface area contributed by atoms with Crippen LogP contribution in [0.15, 0.2) is 279 Å². The molecule has 88 heavy (non-hydrogen) atoms. The summed E-state index contributed by atoms with van der Waals surface area (Å²) in [5.74, 6) is 2.42. The minimum absolute atomic E-state index is 0.179. The average molecular weight is 1130 g/mol. The SMILES string of the molecule is CC1(C)c2ccccc2-c2ccc(-c3cc(-c4ccc5c(c4)C(C)(C)c4ccccc4-5)c4nc(-c5ccc(-c6ccc7c(c6)nc(-c6ccccc6)n7-c6ccccc6)cc5)nc(-c5ccc6c(c5)nc(-c5ccccc5)n6-c5ccccc5)c4c3)cc21. The average Bonchev–Trinajstić information content (AvgIpc) is 1.65. The fourth-order valence-electron chi connectivity index (χ4n) is 14.3. The Morgan fingerprint density at radius 2 is 0.693 bits per heavy atom. The molecule has 0 aliphatic heterocycles. The lowest BCUT2D eigenvalue weighted by Crippen LogP contribution is -2.15. The van der Waals surface area contributed by atoms with Crippen LogP contribution in [0.25, 0.3) is 145 Å². The van der Waals surface area contributed by atoms with Gasteiger partial charge in [-0.05, 0) is 145 Å². The van der Waals surface area contributed by atoms with Crippen molar-refractivity contribution in [3.63, 3.8) is 0 Å². The molecule has 0 atom stereocenters. The summed E-state index contributed by atoms with van der Waals surface area (Å²) in [6.07, 6.45) is 0. The van der Waals surface area contributed by atoms with E-state index >= 15 is 0 Å². The predicted molar refractivity (Wildman–Crippen MR) is 362 cm³/mol. The maximum atomic E-state index is 5.75. The van der Waals surface area contributed by atoms with Gasteiger partial charge in [-0.3, -0.25) is 9.13 Å². The molecule has 6 heteroatoms. The summed E-state index contributed by atoms with van der Waals surface area (Å²) < 4.78 is 4.53. The van der Waals surface area contributed by atoms with Gasteiger partial charge >= 0.3 is 0 Å². The highest BCUT2D eigenvalue weighted by molar-refractivity contribution is 6.06. The fraction of sp³-hybridized carbons (Fsp3) is 0.0732. The van der Waals surface area contributed by atoms with E-state index in [2.05, 4.69) is 310 Å². The van der Waals surface area contributed by atoms with Crippen molar-refractivity contribution in [3.8, 4) is 112 Å². The molecule has 416 valence electrons. The number of fused-ring (bicyclic) bond motifs is 9. The number of para-hydroxylation sites is 2. The van der Waals surface area contributed by atoms with Crippen LogP contribution in [0.4, 0.5) is 0 Å². The van der Waals surface area contributed by atoms with E-state index in [1.54, 1.807) is 0 Å². The van der Waals surface area contributed by atoms with Gasteiger partial charge in [0.05, 0.1) is 33.3 Å². The molecular formula is C82H58N6. The number of rotatable bonds is 9. The van der Waals surface area contributed by atoms with Gasteiger partial charge in [0.2, 0.25) is 0 Å². The van der Waals surface area contributed by atoms with Gasteiger partial charge in [0.25, 0.3) is 0 Å². The van der Waals surface area contributed by atoms with Gasteiger partial charge in [0.1, 0.15) is 11.6 Å². The largest absolute Gasteiger partial charge is 0.292 e. The maximum absolute atomic E-state index is 5.75. The predicted octanol–water partition coefficient (Wildman–Crippen LogP) is 20.6. The van der Waals surface area contributed by atoms with Crippen LogP contribution < -0.4 is 0 Å². The van der Waals surface area contributed by atoms with Crippen LogP contribution in [0.2, 0.25) is 0 Å². The first-order chi connectivity index (χ1) is 43.1. The maximum Gasteiger partial charge on any atom is 0.160 e. The van der Waals surface area contributed by atoms with Gasteiger partial charge in [-0.25, -0.2) is 19.9 Å². The molecule has 0 amide bonds. The van der Waals surface area contributed by atoms with E-state index in [1.807, 2.05) is 6.07 Å². The van der Waals surface area contributed by atoms with Crippen molar-refractivity contribution in [2.75, 3.05) is 0 Å². The van der Waals surface area contributed by atoms with Crippen LogP contribution in [0.5, 0.6) is 0 Å². The molecule has 0 bridgehead atoms. The van der Waals surface area contributed by atoms with E-state index in [-0.39, 0.29) is 10.8 Å². The molecule has 3 aromatic heterocycles. The molecule has 17 rings (SSSR count). The third kappa shape index (κ3) is 8.09. The molecule has 15 aromatic rings. The number of nitrogens with zero attached hydrogens (tertiary/aromatic N) is 6. The molecule has 0 fully saturated rings. The highest BCUT2D eigenvalue weighted by Crippen LogP contribution is 2.52. The Morgan fingerprint density at radius 1 is 0.273 bits per heavy atom. The van der Waals surface area contributed by atoms with Gasteiger partial charge in [0, 0.05) is 55.4 Å². The highest BCUT2D eigenvalue weighted by atomic mass is 15.1. The van der Waals surface area contributed by atoms with Gasteiger partial charge in [-0.15, -0.1) is 0 Å². The Labute approximate surface area is 511 Å². The Morgan fingerprint density at radius 3 is 1.25 bits per heavy atom. The van der Waals surface area contributed by atoms with Crippen LogP contribution >= 0.6 is 0 Å². The number of imidazole rings is 2. The topological polar surface area (TPSA) is 61.4 Å². The normalized spacial score (nSPS) is 13.4. The second-order valence-electron chi connectivity index (χ2n) is 24.6. The summed E-state index contributed by atoms with van der Waals surface area (Å²) >= 11 is 0. The third-order valence-electron chi connectivity index (χ3n) is 18.8. The number of hydrogen-bond acceptors (Lipinski definition) is 4. The number of benzene rings is 12. The second kappa shape index (κ2) is 19.7. The quantitative estimate of drug-likeness (QED) is 0.144. The zero-order chi connectivity index (χ0) is 58.8. The van der Waals surface area contributed by atoms with Crippen molar-refractivity contribution in [1.82, 2.24) is 29.1 Å². The lowest BCUT2D eigenvalue weighted by molar-refractivity contribution is 0.660. The Bertz CT molecular complexity index is 5290. The minimum Gasteiger partial charge on any atom is -0.292 e. The Kier molecular flexibility index (Phi) is 11.5. The molecule has 0 spiro atoms. The van der Waals surface area contributed by atoms with Crippen LogP contribution in [-0.4, -0.2) is 29.1 Å². The monoisotopic (exact) mass is 1130 g/mol. The summed E-state index contributed by atoms with van der Waals surface area (Å²) in [6.45, 7) is 9.44. The van der Waals surface area contributed by atoms with Gasteiger partial charge in [0.15, 0.2) is 5.82 Å². The van der Waals surface area contributed by atoms with Crippen molar-refractivity contribution in [2.45, 2.75) is 38.5 Å². The van der Waals surface area contributed by atoms with E-state index in [1.165, 1.54) is 44.5 Å². The molecule has 0 unspecified atom stereocenters. The lowest BCUT2D eigenvalue weighted by Gasteiger charge is -2.23. The van der Waals surface area contributed by atoms with Crippen molar-refractivity contribution in [3.05, 3.63) is 301 Å². The fourth-order valence-corrected chi connectivity index (χ4v) is 14.3. The van der Waals surface area contributed by atoms with E-state index in [4.69, 9.17) is 19.9 Å². The van der Waals surface area contributed by atoms with Crippen molar-refractivity contribution < 1.29 is 0 Å². The highest BCUT2D eigenvalue weighted by Gasteiger charge is 2.37. The van der Waals surface area contributed by atoms with Crippen molar-refractivity contribution >= 4 is 33.0 Å². The molecule has 0 saturated carbocycles. The second-order valence-corrected chi connectivity index (χ2v) is 24.6. The van der Waals surface area contributed by atoms with Crippen LogP contribution in [0.3, 0.4) is 0 Å². The van der Waals surface area contributed by atoms with Crippen molar-refractivity contribution in [1.29, 1.82) is 0 Å². The zero-order valence-corrected chi connectivity index (χ0v) is 49.2. The van der Waals surface area contributed by atoms with Gasteiger partial charge < -0.3 is 0 Å². The summed E-state index contributed by atoms with van der Waals surface area (Å²) in [5, 5.41) is 0.960. The molecular weight excluding hydrogens is 1070 g/mol. The van der Waals surface area contributed by atoms with E-state index < -0.39 is 0 Å². The first-order valence-corrected chi connectivity index (χ1v) is 30.4. The summed E-state index contributed by atoms with van der Waals surface area (Å²) in [5.41, 5.74) is 28.3. The third-order valence-corrected chi connectivity index (χ3v) is 18.8. The summed E-state index contributed by atoms with van der Waals surface area (Å²) in [6, 6.07) is 101. The van der Waals surface area contributed by atoms with Crippen LogP contribution in [0.1, 0.15) is 49.9 Å². The molecule has 2 aliphatic rings. The smallest absolute Gasteiger partial charge is 0.160 e. The van der Waals surface area contributed by atoms with E-state index in [0.29, 0.717) is 5.82 Å². The number of aromatic nitrogens is 6.